The number of benzene rings is 2. The molecule has 2 aromatic carbocycles. The van der Waals surface area contributed by atoms with E-state index in [0.29, 0.717) is 12.5 Å². The van der Waals surface area contributed by atoms with Gasteiger partial charge in [-0.25, -0.2) is 0 Å². The third kappa shape index (κ3) is 5.62. The highest BCUT2D eigenvalue weighted by atomic mass is 32.1. The Kier molecular flexibility index (Phi) is 7.53. The number of morpholine rings is 1. The van der Waals surface area contributed by atoms with E-state index in [1.807, 2.05) is 18.2 Å². The molecule has 3 N–H and O–H groups in total. The quantitative estimate of drug-likeness (QED) is 0.391. The number of hydrogen-bond acceptors (Lipinski definition) is 5. The van der Waals surface area contributed by atoms with Crippen molar-refractivity contribution in [3.05, 3.63) is 71.1 Å². The van der Waals surface area contributed by atoms with Crippen molar-refractivity contribution in [2.45, 2.75) is 12.1 Å². The summed E-state index contributed by atoms with van der Waals surface area (Å²) in [6, 6.07) is 21.0. The van der Waals surface area contributed by atoms with E-state index < -0.39 is 6.10 Å². The van der Waals surface area contributed by atoms with E-state index in [2.05, 4.69) is 63.0 Å². The summed E-state index contributed by atoms with van der Waals surface area (Å²) in [5, 5.41) is 18.6. The molecule has 2 heterocycles. The van der Waals surface area contributed by atoms with Crippen molar-refractivity contribution in [1.29, 1.82) is 0 Å². The van der Waals surface area contributed by atoms with Gasteiger partial charge in [0, 0.05) is 42.8 Å². The Morgan fingerprint density at radius 1 is 1.06 bits per heavy atom. The van der Waals surface area contributed by atoms with Crippen LogP contribution in [0, 0.1) is 0 Å². The number of nitrogens with zero attached hydrogens (tertiary/aromatic N) is 2. The summed E-state index contributed by atoms with van der Waals surface area (Å²) in [5.74, 6) is 0.689. The number of fused-ring (bicyclic) bond motifs is 1. The lowest BCUT2D eigenvalue weighted by molar-refractivity contribution is 0.0170. The largest absolute Gasteiger partial charge is 0.386 e. The number of ether oxygens (including phenoxy) is 1. The molecule has 6 nitrogen and oxygen atoms in total. The van der Waals surface area contributed by atoms with Gasteiger partial charge in [-0.05, 0) is 23.1 Å². The van der Waals surface area contributed by atoms with Crippen LogP contribution in [-0.2, 0) is 4.74 Å². The van der Waals surface area contributed by atoms with Gasteiger partial charge >= 0.3 is 0 Å². The van der Waals surface area contributed by atoms with E-state index >= 15 is 0 Å². The molecule has 0 spiro atoms. The molecular formula is C24H30N4O2S. The highest BCUT2D eigenvalue weighted by Crippen LogP contribution is 2.29. The molecular weight excluding hydrogens is 408 g/mol. The van der Waals surface area contributed by atoms with Crippen molar-refractivity contribution in [1.82, 2.24) is 15.5 Å². The molecule has 2 unspecified atom stereocenters. The topological polar surface area (TPSA) is 69.1 Å². The van der Waals surface area contributed by atoms with Gasteiger partial charge in [0.1, 0.15) is 6.10 Å². The second-order valence-corrected chi connectivity index (χ2v) is 8.73. The minimum absolute atomic E-state index is 0.233. The number of nitrogens with one attached hydrogen (secondary N) is 2. The lowest BCUT2D eigenvalue weighted by atomic mass is 10.0. The van der Waals surface area contributed by atoms with Crippen molar-refractivity contribution < 1.29 is 9.84 Å². The summed E-state index contributed by atoms with van der Waals surface area (Å²) in [6.07, 6.45) is -0.583. The van der Waals surface area contributed by atoms with Crippen LogP contribution in [0.15, 0.2) is 65.7 Å². The molecule has 0 amide bonds. The number of thiophene rings is 1. The highest BCUT2D eigenvalue weighted by Gasteiger charge is 2.23. The van der Waals surface area contributed by atoms with Crippen LogP contribution in [0.25, 0.3) is 10.1 Å². The third-order valence-corrected chi connectivity index (χ3v) is 6.81. The summed E-state index contributed by atoms with van der Waals surface area (Å²) < 4.78 is 6.73. The van der Waals surface area contributed by atoms with E-state index in [-0.39, 0.29) is 6.04 Å². The predicted octanol–water partition coefficient (Wildman–Crippen LogP) is 3.17. The van der Waals surface area contributed by atoms with Crippen molar-refractivity contribution in [2.75, 3.05) is 46.4 Å². The van der Waals surface area contributed by atoms with Crippen molar-refractivity contribution in [3.63, 3.8) is 0 Å². The molecule has 0 saturated carbocycles. The van der Waals surface area contributed by atoms with Crippen molar-refractivity contribution in [3.8, 4) is 0 Å². The monoisotopic (exact) mass is 438 g/mol. The summed E-state index contributed by atoms with van der Waals surface area (Å²) in [5.41, 5.74) is 1.28. The summed E-state index contributed by atoms with van der Waals surface area (Å²) >= 11 is 1.63. The molecule has 2 atom stereocenters. The van der Waals surface area contributed by atoms with Gasteiger partial charge in [0.15, 0.2) is 5.96 Å². The first-order valence-corrected chi connectivity index (χ1v) is 11.5. The van der Waals surface area contributed by atoms with Crippen LogP contribution < -0.4 is 10.6 Å². The molecule has 4 rings (SSSR count). The Balaban J connectivity index is 1.36. The maximum absolute atomic E-state index is 10.7. The van der Waals surface area contributed by atoms with Gasteiger partial charge in [-0.1, -0.05) is 48.5 Å². The fraction of sp³-hybridized carbons (Fsp3) is 0.375. The molecule has 0 aliphatic carbocycles. The van der Waals surface area contributed by atoms with Gasteiger partial charge in [0.2, 0.25) is 0 Å². The highest BCUT2D eigenvalue weighted by molar-refractivity contribution is 7.19. The van der Waals surface area contributed by atoms with Crippen LogP contribution >= 0.6 is 11.3 Å². The maximum Gasteiger partial charge on any atom is 0.191 e. The summed E-state index contributed by atoms with van der Waals surface area (Å²) in [7, 11) is 1.76. The predicted molar refractivity (Wildman–Crippen MR) is 128 cm³/mol. The molecule has 1 aromatic heterocycles. The van der Waals surface area contributed by atoms with E-state index in [0.717, 1.165) is 37.7 Å². The molecule has 3 aromatic rings. The summed E-state index contributed by atoms with van der Waals surface area (Å²) in [6.45, 7) is 4.48. The average Bonchev–Trinajstić information content (AvgIpc) is 3.27. The standard InChI is InChI=1S/C24H30N4O2S/c1-25-24(27-17-21(29)23-15-19-9-5-6-10-22(19)31-23)26-16-20(18-7-3-2-4-8-18)28-11-13-30-14-12-28/h2-10,15,20-21,29H,11-14,16-17H2,1H3,(H2,25,26,27). The van der Waals surface area contributed by atoms with Crippen molar-refractivity contribution >= 4 is 27.4 Å². The fourth-order valence-electron chi connectivity index (χ4n) is 3.90. The number of aliphatic imine (C=N–C) groups is 1. The number of aliphatic hydroxyl groups is 1. The van der Waals surface area contributed by atoms with Gasteiger partial charge < -0.3 is 20.5 Å². The smallest absolute Gasteiger partial charge is 0.191 e. The Bertz CT molecular complexity index is 952. The Morgan fingerprint density at radius 2 is 1.77 bits per heavy atom. The van der Waals surface area contributed by atoms with Gasteiger partial charge in [-0.3, -0.25) is 9.89 Å². The van der Waals surface area contributed by atoms with Crippen LogP contribution in [0.4, 0.5) is 0 Å². The van der Waals surface area contributed by atoms with Crippen LogP contribution in [0.1, 0.15) is 22.6 Å². The van der Waals surface area contributed by atoms with Crippen LogP contribution in [0.2, 0.25) is 0 Å². The van der Waals surface area contributed by atoms with Crippen molar-refractivity contribution in [2.24, 2.45) is 4.99 Å². The molecule has 1 fully saturated rings. The average molecular weight is 439 g/mol. The Labute approximate surface area is 187 Å². The molecule has 1 aliphatic rings. The van der Waals surface area contributed by atoms with E-state index in [1.165, 1.54) is 15.6 Å². The SMILES string of the molecule is CN=C(NCC(O)c1cc2ccccc2s1)NCC(c1ccccc1)N1CCOCC1. The molecule has 0 radical (unpaired) electrons. The van der Waals surface area contributed by atoms with E-state index in [4.69, 9.17) is 4.74 Å². The first-order chi connectivity index (χ1) is 15.2. The minimum atomic E-state index is -0.583. The zero-order valence-electron chi connectivity index (χ0n) is 17.8. The Morgan fingerprint density at radius 3 is 2.52 bits per heavy atom. The molecule has 0 bridgehead atoms. The zero-order chi connectivity index (χ0) is 21.5. The molecule has 164 valence electrons. The number of aliphatic hydroxyl groups excluding tert-OH is 1. The lowest BCUT2D eigenvalue weighted by Gasteiger charge is -2.35. The molecule has 1 saturated heterocycles. The lowest BCUT2D eigenvalue weighted by Crippen LogP contribution is -2.46. The maximum atomic E-state index is 10.7. The number of guanidine groups is 1. The van der Waals surface area contributed by atoms with Gasteiger partial charge in [-0.2, -0.15) is 0 Å². The van der Waals surface area contributed by atoms with Crippen LogP contribution in [0.5, 0.6) is 0 Å². The second-order valence-electron chi connectivity index (χ2n) is 7.61. The number of hydrogen-bond donors (Lipinski definition) is 3. The number of rotatable bonds is 7. The third-order valence-electron chi connectivity index (χ3n) is 5.59. The van der Waals surface area contributed by atoms with Gasteiger partial charge in [-0.15, -0.1) is 11.3 Å². The van der Waals surface area contributed by atoms with E-state index in [1.54, 1.807) is 18.4 Å². The normalized spacial score (nSPS) is 17.4. The zero-order valence-corrected chi connectivity index (χ0v) is 18.6. The minimum Gasteiger partial charge on any atom is -0.386 e. The first-order valence-electron chi connectivity index (χ1n) is 10.7. The fourth-order valence-corrected chi connectivity index (χ4v) is 4.95. The van der Waals surface area contributed by atoms with Crippen LogP contribution in [0.3, 0.4) is 0 Å². The van der Waals surface area contributed by atoms with Crippen LogP contribution in [-0.4, -0.2) is 62.4 Å². The van der Waals surface area contributed by atoms with Gasteiger partial charge in [0.25, 0.3) is 0 Å². The molecule has 31 heavy (non-hydrogen) atoms. The first kappa shape index (κ1) is 21.8. The molecule has 1 aliphatic heterocycles. The summed E-state index contributed by atoms with van der Waals surface area (Å²) in [4.78, 5) is 7.76. The molecule has 7 heteroatoms. The second kappa shape index (κ2) is 10.7. The van der Waals surface area contributed by atoms with E-state index in [9.17, 15) is 5.11 Å². The van der Waals surface area contributed by atoms with Gasteiger partial charge in [0.05, 0.1) is 19.3 Å². The Hall–Kier alpha value is -2.45.